The minimum absolute atomic E-state index is 0. The first-order chi connectivity index (χ1) is 7.25. The van der Waals surface area contributed by atoms with Crippen LogP contribution < -0.4 is 10.1 Å². The van der Waals surface area contributed by atoms with E-state index in [4.69, 9.17) is 4.74 Å². The molecule has 1 aliphatic rings. The Bertz CT molecular complexity index is 335. The molecule has 1 atom stereocenters. The fourth-order valence-corrected chi connectivity index (χ4v) is 2.03. The highest BCUT2D eigenvalue weighted by molar-refractivity contribution is 5.85. The minimum Gasteiger partial charge on any atom is -0.493 e. The molecule has 16 heavy (non-hydrogen) atoms. The van der Waals surface area contributed by atoms with Crippen LogP contribution in [0, 0.1) is 19.8 Å². The molecular weight excluding hydrogens is 222 g/mol. The molecule has 2 rings (SSSR count). The first kappa shape index (κ1) is 13.3. The monoisotopic (exact) mass is 241 g/mol. The van der Waals surface area contributed by atoms with Gasteiger partial charge in [0.1, 0.15) is 5.75 Å². The van der Waals surface area contributed by atoms with E-state index in [0.29, 0.717) is 5.92 Å². The molecule has 0 bridgehead atoms. The van der Waals surface area contributed by atoms with Crippen LogP contribution in [0.5, 0.6) is 5.75 Å². The van der Waals surface area contributed by atoms with Crippen LogP contribution in [0.3, 0.4) is 0 Å². The topological polar surface area (TPSA) is 21.3 Å². The average Bonchev–Trinajstić information content (AvgIpc) is 2.69. The fourth-order valence-electron chi connectivity index (χ4n) is 2.03. The van der Waals surface area contributed by atoms with Crippen LogP contribution in [-0.4, -0.2) is 19.7 Å². The number of rotatable bonds is 3. The number of ether oxygens (including phenoxy) is 1. The van der Waals surface area contributed by atoms with Crippen molar-refractivity contribution in [2.75, 3.05) is 19.7 Å². The highest BCUT2D eigenvalue weighted by Crippen LogP contribution is 2.20. The van der Waals surface area contributed by atoms with Gasteiger partial charge in [0.05, 0.1) is 6.61 Å². The highest BCUT2D eigenvalue weighted by atomic mass is 35.5. The zero-order valence-corrected chi connectivity index (χ0v) is 10.8. The van der Waals surface area contributed by atoms with E-state index >= 15 is 0 Å². The average molecular weight is 242 g/mol. The van der Waals surface area contributed by atoms with Gasteiger partial charge in [0, 0.05) is 12.5 Å². The molecule has 0 radical (unpaired) electrons. The third kappa shape index (κ3) is 3.39. The third-order valence-corrected chi connectivity index (χ3v) is 2.97. The highest BCUT2D eigenvalue weighted by Gasteiger charge is 2.15. The van der Waals surface area contributed by atoms with Gasteiger partial charge in [0.15, 0.2) is 0 Å². The van der Waals surface area contributed by atoms with Gasteiger partial charge in [-0.2, -0.15) is 0 Å². The number of nitrogens with one attached hydrogen (secondary N) is 1. The molecule has 1 heterocycles. The number of halogens is 1. The van der Waals surface area contributed by atoms with Crippen molar-refractivity contribution in [3.8, 4) is 5.75 Å². The van der Waals surface area contributed by atoms with Crippen molar-refractivity contribution >= 4 is 12.4 Å². The van der Waals surface area contributed by atoms with Gasteiger partial charge in [-0.25, -0.2) is 0 Å². The number of hydrogen-bond donors (Lipinski definition) is 1. The van der Waals surface area contributed by atoms with Gasteiger partial charge < -0.3 is 10.1 Å². The van der Waals surface area contributed by atoms with Gasteiger partial charge in [0.2, 0.25) is 0 Å². The van der Waals surface area contributed by atoms with Crippen LogP contribution >= 0.6 is 12.4 Å². The largest absolute Gasteiger partial charge is 0.493 e. The maximum atomic E-state index is 5.84. The van der Waals surface area contributed by atoms with Crippen molar-refractivity contribution < 1.29 is 4.74 Å². The summed E-state index contributed by atoms with van der Waals surface area (Å²) in [7, 11) is 0. The van der Waals surface area contributed by atoms with Crippen molar-refractivity contribution in [3.63, 3.8) is 0 Å². The Morgan fingerprint density at radius 3 is 2.81 bits per heavy atom. The van der Waals surface area contributed by atoms with E-state index in [1.807, 2.05) is 0 Å². The number of hydrogen-bond acceptors (Lipinski definition) is 2. The van der Waals surface area contributed by atoms with Gasteiger partial charge in [0.25, 0.3) is 0 Å². The lowest BCUT2D eigenvalue weighted by molar-refractivity contribution is 0.258. The molecular formula is C13H20ClNO. The van der Waals surface area contributed by atoms with Crippen molar-refractivity contribution in [1.82, 2.24) is 5.32 Å². The quantitative estimate of drug-likeness (QED) is 0.879. The Kier molecular flexibility index (Phi) is 5.10. The molecule has 1 saturated heterocycles. The Labute approximate surface area is 104 Å². The number of aryl methyl sites for hydroxylation is 2. The summed E-state index contributed by atoms with van der Waals surface area (Å²) in [6.45, 7) is 7.30. The second kappa shape index (κ2) is 6.12. The molecule has 1 unspecified atom stereocenters. The lowest BCUT2D eigenvalue weighted by Gasteiger charge is -2.13. The van der Waals surface area contributed by atoms with Crippen LogP contribution in [0.4, 0.5) is 0 Å². The summed E-state index contributed by atoms with van der Waals surface area (Å²) in [5.41, 5.74) is 2.53. The Hall–Kier alpha value is -0.730. The maximum absolute atomic E-state index is 5.84. The molecule has 0 amide bonds. The predicted molar refractivity (Wildman–Crippen MR) is 69.6 cm³/mol. The molecule has 1 aliphatic heterocycles. The van der Waals surface area contributed by atoms with E-state index in [1.165, 1.54) is 17.5 Å². The van der Waals surface area contributed by atoms with E-state index in [9.17, 15) is 0 Å². The Balaban J connectivity index is 0.00000128. The lowest BCUT2D eigenvalue weighted by Crippen LogP contribution is -2.15. The van der Waals surface area contributed by atoms with Crippen LogP contribution in [0.25, 0.3) is 0 Å². The van der Waals surface area contributed by atoms with Gasteiger partial charge in [-0.15, -0.1) is 12.4 Å². The standard InChI is InChI=1S/C13H19NO.ClH/c1-10-3-4-13(11(2)7-10)15-9-12-5-6-14-8-12;/h3-4,7,12,14H,5-6,8-9H2,1-2H3;1H. The van der Waals surface area contributed by atoms with Crippen molar-refractivity contribution in [3.05, 3.63) is 29.3 Å². The fraction of sp³-hybridized carbons (Fsp3) is 0.538. The van der Waals surface area contributed by atoms with Crippen LogP contribution in [0.15, 0.2) is 18.2 Å². The summed E-state index contributed by atoms with van der Waals surface area (Å²) in [6, 6.07) is 6.35. The smallest absolute Gasteiger partial charge is 0.122 e. The van der Waals surface area contributed by atoms with Gasteiger partial charge in [-0.05, 0) is 38.4 Å². The molecule has 1 aromatic carbocycles. The van der Waals surface area contributed by atoms with E-state index in [-0.39, 0.29) is 12.4 Å². The Morgan fingerprint density at radius 2 is 2.19 bits per heavy atom. The van der Waals surface area contributed by atoms with Gasteiger partial charge in [-0.1, -0.05) is 17.7 Å². The summed E-state index contributed by atoms with van der Waals surface area (Å²) in [5, 5.41) is 3.35. The summed E-state index contributed by atoms with van der Waals surface area (Å²) in [4.78, 5) is 0. The summed E-state index contributed by atoms with van der Waals surface area (Å²) in [5.74, 6) is 1.72. The predicted octanol–water partition coefficient (Wildman–Crippen LogP) is 2.71. The molecule has 90 valence electrons. The molecule has 0 aromatic heterocycles. The van der Waals surface area contributed by atoms with Crippen molar-refractivity contribution in [1.29, 1.82) is 0 Å². The molecule has 1 aromatic rings. The molecule has 0 aliphatic carbocycles. The zero-order valence-electron chi connectivity index (χ0n) is 9.95. The number of benzene rings is 1. The van der Waals surface area contributed by atoms with Gasteiger partial charge in [-0.3, -0.25) is 0 Å². The normalized spacial score (nSPS) is 19.2. The van der Waals surface area contributed by atoms with Crippen molar-refractivity contribution in [2.45, 2.75) is 20.3 Å². The molecule has 1 fully saturated rings. The molecule has 2 nitrogen and oxygen atoms in total. The van der Waals surface area contributed by atoms with Crippen LogP contribution in [-0.2, 0) is 0 Å². The Morgan fingerprint density at radius 1 is 1.38 bits per heavy atom. The second-order valence-electron chi connectivity index (χ2n) is 4.44. The first-order valence-electron chi connectivity index (χ1n) is 5.66. The van der Waals surface area contributed by atoms with Gasteiger partial charge >= 0.3 is 0 Å². The second-order valence-corrected chi connectivity index (χ2v) is 4.44. The summed E-state index contributed by atoms with van der Waals surface area (Å²) in [6.07, 6.45) is 1.24. The van der Waals surface area contributed by atoms with E-state index in [2.05, 4.69) is 37.4 Å². The molecule has 3 heteroatoms. The van der Waals surface area contributed by atoms with Crippen molar-refractivity contribution in [2.24, 2.45) is 5.92 Å². The molecule has 0 saturated carbocycles. The zero-order chi connectivity index (χ0) is 10.7. The van der Waals surface area contributed by atoms with E-state index in [1.54, 1.807) is 0 Å². The first-order valence-corrected chi connectivity index (χ1v) is 5.66. The summed E-state index contributed by atoms with van der Waals surface area (Å²) >= 11 is 0. The van der Waals surface area contributed by atoms with Crippen LogP contribution in [0.1, 0.15) is 17.5 Å². The molecule has 1 N–H and O–H groups in total. The maximum Gasteiger partial charge on any atom is 0.122 e. The van der Waals surface area contributed by atoms with E-state index in [0.717, 1.165) is 25.4 Å². The third-order valence-electron chi connectivity index (χ3n) is 2.97. The SMILES string of the molecule is Cc1ccc(OCC2CCNC2)c(C)c1.Cl. The summed E-state index contributed by atoms with van der Waals surface area (Å²) < 4.78 is 5.84. The molecule has 0 spiro atoms. The minimum atomic E-state index is 0. The van der Waals surface area contributed by atoms with Crippen LogP contribution in [0.2, 0.25) is 0 Å². The lowest BCUT2D eigenvalue weighted by atomic mass is 10.1. The van der Waals surface area contributed by atoms with E-state index < -0.39 is 0 Å².